The number of nitrogens with zero attached hydrogens (tertiary/aromatic N) is 2. The van der Waals surface area contributed by atoms with E-state index in [-0.39, 0.29) is 18.5 Å². The second-order valence-corrected chi connectivity index (χ2v) is 12.1. The van der Waals surface area contributed by atoms with Crippen LogP contribution < -0.4 is 19.1 Å². The molecule has 0 saturated heterocycles. The van der Waals surface area contributed by atoms with Gasteiger partial charge in [0, 0.05) is 12.6 Å². The number of hydrogen-bond acceptors (Lipinski definition) is 6. The van der Waals surface area contributed by atoms with Gasteiger partial charge in [-0.1, -0.05) is 56.3 Å². The van der Waals surface area contributed by atoms with Gasteiger partial charge in [-0.2, -0.15) is 0 Å². The van der Waals surface area contributed by atoms with E-state index in [9.17, 15) is 18.0 Å². The summed E-state index contributed by atoms with van der Waals surface area (Å²) in [5, 5.41) is 2.97. The number of carbonyl (C=O) groups is 2. The Morgan fingerprint density at radius 2 is 1.55 bits per heavy atom. The van der Waals surface area contributed by atoms with Crippen LogP contribution in [0.2, 0.25) is 0 Å². The summed E-state index contributed by atoms with van der Waals surface area (Å²) in [6.07, 6.45) is 2.14. The van der Waals surface area contributed by atoms with Gasteiger partial charge in [0.25, 0.3) is 0 Å². The van der Waals surface area contributed by atoms with Crippen molar-refractivity contribution in [2.75, 3.05) is 24.2 Å². The molecule has 9 nitrogen and oxygen atoms in total. The van der Waals surface area contributed by atoms with Crippen molar-refractivity contribution in [3.05, 3.63) is 90.0 Å². The second-order valence-electron chi connectivity index (χ2n) is 10.2. The quantitative estimate of drug-likeness (QED) is 0.272. The van der Waals surface area contributed by atoms with Gasteiger partial charge in [0.15, 0.2) is 0 Å². The van der Waals surface area contributed by atoms with Gasteiger partial charge in [-0.15, -0.1) is 0 Å². The molecule has 2 amide bonds. The zero-order valence-electron chi connectivity index (χ0n) is 24.9. The van der Waals surface area contributed by atoms with Gasteiger partial charge in [-0.3, -0.25) is 13.9 Å². The molecule has 0 saturated carbocycles. The molecule has 0 aliphatic carbocycles. The van der Waals surface area contributed by atoms with Crippen molar-refractivity contribution >= 4 is 27.5 Å². The fraction of sp³-hybridized carbons (Fsp3) is 0.375. The van der Waals surface area contributed by atoms with Crippen LogP contribution in [-0.2, 0) is 32.8 Å². The highest BCUT2D eigenvalue weighted by Gasteiger charge is 2.32. The van der Waals surface area contributed by atoms with Gasteiger partial charge >= 0.3 is 0 Å². The fourth-order valence-electron chi connectivity index (χ4n) is 4.39. The summed E-state index contributed by atoms with van der Waals surface area (Å²) in [5.74, 6) is 0.395. The minimum atomic E-state index is -3.85. The molecule has 1 N–H and O–H groups in total. The van der Waals surface area contributed by atoms with Crippen LogP contribution in [0.25, 0.3) is 0 Å². The molecule has 0 aliphatic heterocycles. The van der Waals surface area contributed by atoms with E-state index in [1.54, 1.807) is 49.6 Å². The number of amides is 2. The van der Waals surface area contributed by atoms with Crippen LogP contribution in [0.5, 0.6) is 11.5 Å². The SMILES string of the molecule is CC[C@@H](C)NC(=O)[C@@H](CC)N(Cc1cccc(OC)c1)C(=O)CN(c1ccc(OCc2ccccc2)cc1)S(C)(=O)=O. The zero-order valence-corrected chi connectivity index (χ0v) is 25.8. The van der Waals surface area contributed by atoms with E-state index in [0.29, 0.717) is 30.2 Å². The predicted octanol–water partition coefficient (Wildman–Crippen LogP) is 4.76. The average Bonchev–Trinajstić information content (AvgIpc) is 2.98. The van der Waals surface area contributed by atoms with Crippen LogP contribution in [0.1, 0.15) is 44.7 Å². The third kappa shape index (κ3) is 9.24. The van der Waals surface area contributed by atoms with E-state index in [1.165, 1.54) is 4.90 Å². The molecule has 3 rings (SSSR count). The molecule has 0 unspecified atom stereocenters. The van der Waals surface area contributed by atoms with E-state index < -0.39 is 28.5 Å². The first kappa shape index (κ1) is 32.5. The molecule has 226 valence electrons. The van der Waals surface area contributed by atoms with E-state index in [0.717, 1.165) is 28.1 Å². The maximum atomic E-state index is 13.9. The Morgan fingerprint density at radius 3 is 2.14 bits per heavy atom. The van der Waals surface area contributed by atoms with E-state index >= 15 is 0 Å². The van der Waals surface area contributed by atoms with Gasteiger partial charge in [-0.25, -0.2) is 8.42 Å². The molecule has 42 heavy (non-hydrogen) atoms. The third-order valence-corrected chi connectivity index (χ3v) is 8.07. The van der Waals surface area contributed by atoms with Gasteiger partial charge in [0.05, 0.1) is 19.1 Å². The summed E-state index contributed by atoms with van der Waals surface area (Å²) in [7, 11) is -2.30. The standard InChI is InChI=1S/C32H41N3O6S/c1-6-24(3)33-32(37)30(7-2)34(21-26-14-11-15-29(20-26)40-4)31(36)22-35(42(5,38)39)27-16-18-28(19-17-27)41-23-25-12-9-8-10-13-25/h8-20,24,30H,6-7,21-23H2,1-5H3,(H,33,37)/t24-,30-/m1/s1. The van der Waals surface area contributed by atoms with E-state index in [2.05, 4.69) is 5.32 Å². The van der Waals surface area contributed by atoms with Gasteiger partial charge in [0.1, 0.15) is 30.7 Å². The van der Waals surface area contributed by atoms with Gasteiger partial charge in [0.2, 0.25) is 21.8 Å². The number of carbonyl (C=O) groups excluding carboxylic acids is 2. The lowest BCUT2D eigenvalue weighted by atomic mass is 10.1. The van der Waals surface area contributed by atoms with Gasteiger partial charge in [-0.05, 0) is 67.3 Å². The smallest absolute Gasteiger partial charge is 0.244 e. The molecule has 0 spiro atoms. The molecular formula is C32H41N3O6S. The lowest BCUT2D eigenvalue weighted by molar-refractivity contribution is -0.140. The highest BCUT2D eigenvalue weighted by atomic mass is 32.2. The maximum absolute atomic E-state index is 13.9. The lowest BCUT2D eigenvalue weighted by Gasteiger charge is -2.33. The number of methoxy groups -OCH3 is 1. The topological polar surface area (TPSA) is 105 Å². The average molecular weight is 596 g/mol. The monoisotopic (exact) mass is 595 g/mol. The third-order valence-electron chi connectivity index (χ3n) is 6.93. The largest absolute Gasteiger partial charge is 0.497 e. The van der Waals surface area contributed by atoms with Crippen molar-refractivity contribution in [2.24, 2.45) is 0 Å². The Labute approximate surface area is 249 Å². The van der Waals surface area contributed by atoms with Crippen molar-refractivity contribution in [3.63, 3.8) is 0 Å². The lowest BCUT2D eigenvalue weighted by Crippen LogP contribution is -2.53. The van der Waals surface area contributed by atoms with E-state index in [1.807, 2.05) is 57.2 Å². The molecule has 0 fully saturated rings. The second kappa shape index (κ2) is 15.3. The Morgan fingerprint density at radius 1 is 0.881 bits per heavy atom. The van der Waals surface area contributed by atoms with Crippen molar-refractivity contribution < 1.29 is 27.5 Å². The molecule has 0 heterocycles. The van der Waals surface area contributed by atoms with Gasteiger partial charge < -0.3 is 19.7 Å². The van der Waals surface area contributed by atoms with Crippen LogP contribution >= 0.6 is 0 Å². The predicted molar refractivity (Wildman–Crippen MR) is 165 cm³/mol. The number of anilines is 1. The van der Waals surface area contributed by atoms with Crippen molar-refractivity contribution in [1.82, 2.24) is 10.2 Å². The maximum Gasteiger partial charge on any atom is 0.244 e. The first-order chi connectivity index (χ1) is 20.0. The summed E-state index contributed by atoms with van der Waals surface area (Å²) < 4.78 is 38.0. The van der Waals surface area contributed by atoms with Crippen LogP contribution in [0.3, 0.4) is 0 Å². The van der Waals surface area contributed by atoms with Crippen LogP contribution in [0.4, 0.5) is 5.69 Å². The summed E-state index contributed by atoms with van der Waals surface area (Å²) >= 11 is 0. The van der Waals surface area contributed by atoms with Crippen LogP contribution in [-0.4, -0.2) is 57.1 Å². The summed E-state index contributed by atoms with van der Waals surface area (Å²) in [4.78, 5) is 28.6. The molecule has 10 heteroatoms. The molecular weight excluding hydrogens is 554 g/mol. The molecule has 0 aromatic heterocycles. The zero-order chi connectivity index (χ0) is 30.7. The minimum absolute atomic E-state index is 0.0736. The normalized spacial score (nSPS) is 12.6. The number of benzene rings is 3. The number of nitrogens with one attached hydrogen (secondary N) is 1. The number of sulfonamides is 1. The molecule has 2 atom stereocenters. The summed E-state index contributed by atoms with van der Waals surface area (Å²) in [6.45, 7) is 5.69. The highest BCUT2D eigenvalue weighted by molar-refractivity contribution is 7.92. The summed E-state index contributed by atoms with van der Waals surface area (Å²) in [5.41, 5.74) is 2.07. The number of hydrogen-bond donors (Lipinski definition) is 1. The fourth-order valence-corrected chi connectivity index (χ4v) is 5.24. The first-order valence-corrected chi connectivity index (χ1v) is 15.9. The number of rotatable bonds is 15. The number of ether oxygens (including phenoxy) is 2. The van der Waals surface area contributed by atoms with Crippen molar-refractivity contribution in [2.45, 2.75) is 58.8 Å². The first-order valence-electron chi connectivity index (χ1n) is 14.0. The van der Waals surface area contributed by atoms with Crippen LogP contribution in [0.15, 0.2) is 78.9 Å². The Hall–Kier alpha value is -4.05. The van der Waals surface area contributed by atoms with Crippen molar-refractivity contribution in [1.29, 1.82) is 0 Å². The van der Waals surface area contributed by atoms with Crippen LogP contribution in [0, 0.1) is 0 Å². The Kier molecular flexibility index (Phi) is 11.8. The molecule has 0 bridgehead atoms. The molecule has 0 aliphatic rings. The minimum Gasteiger partial charge on any atom is -0.497 e. The molecule has 3 aromatic rings. The summed E-state index contributed by atoms with van der Waals surface area (Å²) in [6, 6.07) is 22.6. The highest BCUT2D eigenvalue weighted by Crippen LogP contribution is 2.24. The van der Waals surface area contributed by atoms with E-state index in [4.69, 9.17) is 9.47 Å². The molecule has 0 radical (unpaired) electrons. The Balaban J connectivity index is 1.87. The van der Waals surface area contributed by atoms with Crippen molar-refractivity contribution in [3.8, 4) is 11.5 Å². The Bertz CT molecular complexity index is 1410. The molecule has 3 aromatic carbocycles.